The van der Waals surface area contributed by atoms with E-state index in [9.17, 15) is 4.79 Å². The molecule has 0 aliphatic carbocycles. The van der Waals surface area contributed by atoms with Crippen molar-refractivity contribution < 1.29 is 4.79 Å². The highest BCUT2D eigenvalue weighted by Gasteiger charge is 2.21. The van der Waals surface area contributed by atoms with Crippen molar-refractivity contribution in [1.29, 1.82) is 0 Å². The summed E-state index contributed by atoms with van der Waals surface area (Å²) in [6.45, 7) is 3.77. The van der Waals surface area contributed by atoms with Gasteiger partial charge in [-0.1, -0.05) is 48.0 Å². The van der Waals surface area contributed by atoms with Crippen molar-refractivity contribution in [2.45, 2.75) is 6.42 Å². The summed E-state index contributed by atoms with van der Waals surface area (Å²) in [6, 6.07) is 18.1. The first kappa shape index (κ1) is 16.7. The van der Waals surface area contributed by atoms with Crippen molar-refractivity contribution in [2.24, 2.45) is 0 Å². The van der Waals surface area contributed by atoms with Crippen molar-refractivity contribution in [3.8, 4) is 0 Å². The Labute approximate surface area is 148 Å². The van der Waals surface area contributed by atoms with Crippen molar-refractivity contribution in [3.05, 3.63) is 65.2 Å². The fourth-order valence-corrected chi connectivity index (χ4v) is 3.10. The summed E-state index contributed by atoms with van der Waals surface area (Å²) < 4.78 is 0. The molecular weight excluding hydrogens is 322 g/mol. The molecule has 4 nitrogen and oxygen atoms in total. The second-order valence-corrected chi connectivity index (χ2v) is 6.36. The summed E-state index contributed by atoms with van der Waals surface area (Å²) in [5.41, 5.74) is 2.36. The van der Waals surface area contributed by atoms with E-state index in [4.69, 9.17) is 11.6 Å². The van der Waals surface area contributed by atoms with Gasteiger partial charge in [0.15, 0.2) is 0 Å². The second-order valence-electron chi connectivity index (χ2n) is 5.92. The molecule has 2 aromatic rings. The first-order chi connectivity index (χ1) is 11.7. The summed E-state index contributed by atoms with van der Waals surface area (Å²) >= 11 is 6.05. The van der Waals surface area contributed by atoms with Crippen molar-refractivity contribution in [1.82, 2.24) is 10.2 Å². The lowest BCUT2D eigenvalue weighted by atomic mass is 10.1. The molecule has 2 aromatic carbocycles. The molecule has 0 radical (unpaired) electrons. The van der Waals surface area contributed by atoms with E-state index in [2.05, 4.69) is 28.4 Å². The Morgan fingerprint density at radius 1 is 1.00 bits per heavy atom. The van der Waals surface area contributed by atoms with Gasteiger partial charge in [-0.25, -0.2) is 4.79 Å². The summed E-state index contributed by atoms with van der Waals surface area (Å²) in [5.74, 6) is 0. The number of nitrogens with zero attached hydrogens (tertiary/aromatic N) is 2. The maximum Gasteiger partial charge on any atom is 0.317 e. The molecule has 1 heterocycles. The molecule has 0 bridgehead atoms. The third kappa shape index (κ3) is 4.42. The van der Waals surface area contributed by atoms with Crippen molar-refractivity contribution in [2.75, 3.05) is 37.6 Å². The Hall–Kier alpha value is -2.20. The van der Waals surface area contributed by atoms with E-state index in [0.717, 1.165) is 43.3 Å². The number of carbonyl (C=O) groups excluding carboxylic acids is 1. The van der Waals surface area contributed by atoms with E-state index in [1.54, 1.807) is 0 Å². The van der Waals surface area contributed by atoms with Gasteiger partial charge in [0.1, 0.15) is 0 Å². The Morgan fingerprint density at radius 2 is 1.75 bits per heavy atom. The Bertz CT molecular complexity index is 669. The lowest BCUT2D eigenvalue weighted by molar-refractivity contribution is 0.194. The molecule has 0 unspecified atom stereocenters. The van der Waals surface area contributed by atoms with Crippen LogP contribution in [0.4, 0.5) is 10.5 Å². The van der Waals surface area contributed by atoms with Gasteiger partial charge >= 0.3 is 6.03 Å². The van der Waals surface area contributed by atoms with Crippen molar-refractivity contribution in [3.63, 3.8) is 0 Å². The lowest BCUT2D eigenvalue weighted by Crippen LogP contribution is -2.52. The topological polar surface area (TPSA) is 35.6 Å². The third-order valence-corrected chi connectivity index (χ3v) is 4.51. The van der Waals surface area contributed by atoms with Crippen LogP contribution in [0.15, 0.2) is 54.6 Å². The van der Waals surface area contributed by atoms with Crippen LogP contribution in [0.1, 0.15) is 5.56 Å². The van der Waals surface area contributed by atoms with Gasteiger partial charge in [-0.05, 0) is 30.2 Å². The number of carbonyl (C=O) groups is 1. The fourth-order valence-electron chi connectivity index (χ4n) is 2.91. The second kappa shape index (κ2) is 8.06. The van der Waals surface area contributed by atoms with E-state index in [1.165, 1.54) is 5.56 Å². The van der Waals surface area contributed by atoms with Crippen LogP contribution in [0.2, 0.25) is 5.02 Å². The molecule has 1 N–H and O–H groups in total. The number of amides is 2. The van der Waals surface area contributed by atoms with Gasteiger partial charge in [-0.2, -0.15) is 0 Å². The first-order valence-electron chi connectivity index (χ1n) is 8.29. The van der Waals surface area contributed by atoms with Gasteiger partial charge in [0.25, 0.3) is 0 Å². The standard InChI is InChI=1S/C19H22ClN3O/c20-17-7-4-8-18(15-17)22-11-13-23(14-12-22)19(24)21-10-9-16-5-2-1-3-6-16/h1-8,15H,9-14H2,(H,21,24). The quantitative estimate of drug-likeness (QED) is 0.923. The number of anilines is 1. The zero-order chi connectivity index (χ0) is 16.8. The number of hydrogen-bond donors (Lipinski definition) is 1. The van der Waals surface area contributed by atoms with Crippen LogP contribution in [-0.2, 0) is 6.42 Å². The van der Waals surface area contributed by atoms with Crippen LogP contribution >= 0.6 is 11.6 Å². The molecule has 3 rings (SSSR count). The maximum atomic E-state index is 12.3. The highest BCUT2D eigenvalue weighted by atomic mass is 35.5. The summed E-state index contributed by atoms with van der Waals surface area (Å²) in [4.78, 5) is 16.4. The average Bonchev–Trinajstić information content (AvgIpc) is 2.63. The minimum atomic E-state index is 0.0247. The van der Waals surface area contributed by atoms with Gasteiger partial charge < -0.3 is 15.1 Å². The maximum absolute atomic E-state index is 12.3. The number of halogens is 1. The predicted molar refractivity (Wildman–Crippen MR) is 98.8 cm³/mol. The van der Waals surface area contributed by atoms with E-state index < -0.39 is 0 Å². The van der Waals surface area contributed by atoms with Gasteiger partial charge in [-0.15, -0.1) is 0 Å². The van der Waals surface area contributed by atoms with Gasteiger partial charge in [0, 0.05) is 43.4 Å². The van der Waals surface area contributed by atoms with Gasteiger partial charge in [-0.3, -0.25) is 0 Å². The molecule has 1 fully saturated rings. The molecule has 1 aliphatic heterocycles. The number of urea groups is 1. The van der Waals surface area contributed by atoms with E-state index in [1.807, 2.05) is 41.3 Å². The fraction of sp³-hybridized carbons (Fsp3) is 0.316. The first-order valence-corrected chi connectivity index (χ1v) is 8.67. The predicted octanol–water partition coefficient (Wildman–Crippen LogP) is 3.41. The Morgan fingerprint density at radius 3 is 2.46 bits per heavy atom. The number of benzene rings is 2. The number of hydrogen-bond acceptors (Lipinski definition) is 2. The van der Waals surface area contributed by atoms with Crippen molar-refractivity contribution >= 4 is 23.3 Å². The van der Waals surface area contributed by atoms with E-state index >= 15 is 0 Å². The monoisotopic (exact) mass is 343 g/mol. The molecule has 0 atom stereocenters. The molecule has 0 saturated carbocycles. The summed E-state index contributed by atoms with van der Waals surface area (Å²) in [7, 11) is 0. The summed E-state index contributed by atoms with van der Waals surface area (Å²) in [6.07, 6.45) is 0.856. The third-order valence-electron chi connectivity index (χ3n) is 4.27. The number of nitrogens with one attached hydrogen (secondary N) is 1. The van der Waals surface area contributed by atoms with Crippen LogP contribution in [0.3, 0.4) is 0 Å². The van der Waals surface area contributed by atoms with Crippen LogP contribution in [0.25, 0.3) is 0 Å². The normalized spacial score (nSPS) is 14.5. The van der Waals surface area contributed by atoms with Crippen LogP contribution in [0, 0.1) is 0 Å². The SMILES string of the molecule is O=C(NCCc1ccccc1)N1CCN(c2cccc(Cl)c2)CC1. The largest absolute Gasteiger partial charge is 0.368 e. The molecule has 2 amide bonds. The van der Waals surface area contributed by atoms with Crippen LogP contribution < -0.4 is 10.2 Å². The lowest BCUT2D eigenvalue weighted by Gasteiger charge is -2.36. The molecule has 0 aromatic heterocycles. The Kier molecular flexibility index (Phi) is 5.59. The number of rotatable bonds is 4. The molecule has 24 heavy (non-hydrogen) atoms. The number of piperazine rings is 1. The molecule has 1 saturated heterocycles. The molecule has 5 heteroatoms. The smallest absolute Gasteiger partial charge is 0.317 e. The van der Waals surface area contributed by atoms with E-state index in [0.29, 0.717) is 6.54 Å². The zero-order valence-electron chi connectivity index (χ0n) is 13.6. The summed E-state index contributed by atoms with van der Waals surface area (Å²) in [5, 5.41) is 3.76. The zero-order valence-corrected chi connectivity index (χ0v) is 14.4. The minimum Gasteiger partial charge on any atom is -0.368 e. The highest BCUT2D eigenvalue weighted by molar-refractivity contribution is 6.30. The van der Waals surface area contributed by atoms with E-state index in [-0.39, 0.29) is 6.03 Å². The molecular formula is C19H22ClN3O. The van der Waals surface area contributed by atoms with Crippen LogP contribution in [-0.4, -0.2) is 43.7 Å². The van der Waals surface area contributed by atoms with Gasteiger partial charge in [0.2, 0.25) is 0 Å². The van der Waals surface area contributed by atoms with Gasteiger partial charge in [0.05, 0.1) is 0 Å². The highest BCUT2D eigenvalue weighted by Crippen LogP contribution is 2.20. The minimum absolute atomic E-state index is 0.0247. The Balaban J connectivity index is 1.43. The van der Waals surface area contributed by atoms with Crippen LogP contribution in [0.5, 0.6) is 0 Å². The molecule has 1 aliphatic rings. The average molecular weight is 344 g/mol. The molecule has 0 spiro atoms. The molecule has 126 valence electrons.